The zero-order valence-corrected chi connectivity index (χ0v) is 13.4. The molecule has 1 aliphatic carbocycles. The minimum Gasteiger partial charge on any atom is -0.313 e. The van der Waals surface area contributed by atoms with E-state index in [4.69, 9.17) is 11.6 Å². The molecule has 1 saturated carbocycles. The maximum absolute atomic E-state index is 6.22. The second kappa shape index (κ2) is 8.43. The van der Waals surface area contributed by atoms with E-state index >= 15 is 0 Å². The van der Waals surface area contributed by atoms with Gasteiger partial charge < -0.3 is 5.32 Å². The van der Waals surface area contributed by atoms with Gasteiger partial charge in [-0.15, -0.1) is 11.6 Å². The number of nitrogens with one attached hydrogen (secondary N) is 1. The number of unbranched alkanes of at least 4 members (excludes halogenated alkanes) is 7. The maximum Gasteiger partial charge on any atom is 0.0416 e. The van der Waals surface area contributed by atoms with Crippen molar-refractivity contribution in [2.75, 3.05) is 6.54 Å². The molecule has 2 heteroatoms. The van der Waals surface area contributed by atoms with Crippen LogP contribution in [0.2, 0.25) is 0 Å². The number of hydrogen-bond acceptors (Lipinski definition) is 1. The third-order valence-corrected chi connectivity index (χ3v) is 5.31. The zero-order chi connectivity index (χ0) is 13.4. The molecule has 0 bridgehead atoms. The fourth-order valence-electron chi connectivity index (χ4n) is 2.75. The van der Waals surface area contributed by atoms with Crippen LogP contribution in [0.25, 0.3) is 0 Å². The Labute approximate surface area is 119 Å². The molecular weight excluding hydrogens is 242 g/mol. The molecule has 0 aromatic carbocycles. The molecule has 0 aromatic heterocycles. The maximum atomic E-state index is 6.22. The summed E-state index contributed by atoms with van der Waals surface area (Å²) in [6, 6.07) is 0.643. The largest absolute Gasteiger partial charge is 0.313 e. The van der Waals surface area contributed by atoms with Crippen LogP contribution in [0, 0.1) is 5.41 Å². The molecule has 1 nitrogen and oxygen atoms in total. The van der Waals surface area contributed by atoms with Gasteiger partial charge >= 0.3 is 0 Å². The van der Waals surface area contributed by atoms with Crippen LogP contribution in [0.1, 0.15) is 78.6 Å². The van der Waals surface area contributed by atoms with Gasteiger partial charge in [0.1, 0.15) is 0 Å². The molecule has 0 aliphatic heterocycles. The van der Waals surface area contributed by atoms with Gasteiger partial charge in [0.05, 0.1) is 0 Å². The van der Waals surface area contributed by atoms with Gasteiger partial charge in [-0.25, -0.2) is 0 Å². The van der Waals surface area contributed by atoms with E-state index in [2.05, 4.69) is 26.1 Å². The Morgan fingerprint density at radius 3 is 2.06 bits per heavy atom. The van der Waals surface area contributed by atoms with Crippen molar-refractivity contribution in [2.45, 2.75) is 90.0 Å². The standard InChI is InChI=1S/C16H32ClN/c1-4-5-6-7-8-9-10-11-12-18-15-13-14(17)16(15,2)3/h14-15,18H,4-13H2,1-3H3. The van der Waals surface area contributed by atoms with Crippen molar-refractivity contribution in [2.24, 2.45) is 5.41 Å². The molecule has 1 N–H and O–H groups in total. The Morgan fingerprint density at radius 2 is 1.56 bits per heavy atom. The molecular formula is C16H32ClN. The molecule has 0 spiro atoms. The molecule has 0 aromatic rings. The summed E-state index contributed by atoms with van der Waals surface area (Å²) in [7, 11) is 0. The summed E-state index contributed by atoms with van der Waals surface area (Å²) in [5.74, 6) is 0. The van der Waals surface area contributed by atoms with E-state index in [1.165, 1.54) is 57.9 Å². The minimum atomic E-state index is 0.293. The van der Waals surface area contributed by atoms with Crippen LogP contribution >= 0.6 is 11.6 Å². The predicted molar refractivity (Wildman–Crippen MR) is 82.4 cm³/mol. The summed E-state index contributed by atoms with van der Waals surface area (Å²) in [6.07, 6.45) is 12.3. The molecule has 2 unspecified atom stereocenters. The smallest absolute Gasteiger partial charge is 0.0416 e. The number of alkyl halides is 1. The fraction of sp³-hybridized carbons (Fsp3) is 1.00. The SMILES string of the molecule is CCCCCCCCCCNC1CC(Cl)C1(C)C. The van der Waals surface area contributed by atoms with Crippen molar-refractivity contribution in [1.82, 2.24) is 5.32 Å². The third kappa shape index (κ3) is 5.09. The van der Waals surface area contributed by atoms with Crippen LogP contribution in [0.3, 0.4) is 0 Å². The minimum absolute atomic E-state index is 0.293. The average molecular weight is 274 g/mol. The van der Waals surface area contributed by atoms with Crippen LogP contribution in [0.15, 0.2) is 0 Å². The summed E-state index contributed by atoms with van der Waals surface area (Å²) in [5, 5.41) is 4.04. The van der Waals surface area contributed by atoms with Crippen LogP contribution < -0.4 is 5.32 Å². The molecule has 0 saturated heterocycles. The van der Waals surface area contributed by atoms with Crippen molar-refractivity contribution in [3.63, 3.8) is 0 Å². The lowest BCUT2D eigenvalue weighted by Crippen LogP contribution is -2.57. The molecule has 108 valence electrons. The molecule has 1 aliphatic rings. The van der Waals surface area contributed by atoms with Gasteiger partial charge in [-0.3, -0.25) is 0 Å². The lowest BCUT2D eigenvalue weighted by Gasteiger charge is -2.49. The first-order valence-corrected chi connectivity index (χ1v) is 8.40. The highest BCUT2D eigenvalue weighted by atomic mass is 35.5. The summed E-state index contributed by atoms with van der Waals surface area (Å²) < 4.78 is 0. The van der Waals surface area contributed by atoms with Crippen molar-refractivity contribution in [1.29, 1.82) is 0 Å². The average Bonchev–Trinajstić information content (AvgIpc) is 2.35. The van der Waals surface area contributed by atoms with Crippen LogP contribution in [0.4, 0.5) is 0 Å². The first-order valence-electron chi connectivity index (χ1n) is 7.96. The molecule has 0 amide bonds. The van der Waals surface area contributed by atoms with Gasteiger partial charge in [-0.05, 0) is 24.8 Å². The highest BCUT2D eigenvalue weighted by molar-refractivity contribution is 6.21. The number of rotatable bonds is 10. The highest BCUT2D eigenvalue weighted by Crippen LogP contribution is 2.44. The number of halogens is 1. The van der Waals surface area contributed by atoms with Gasteiger partial charge in [-0.2, -0.15) is 0 Å². The first-order chi connectivity index (χ1) is 8.59. The third-order valence-electron chi connectivity index (χ3n) is 4.57. The van der Waals surface area contributed by atoms with Gasteiger partial charge in [0, 0.05) is 11.4 Å². The summed E-state index contributed by atoms with van der Waals surface area (Å²) in [4.78, 5) is 0. The lowest BCUT2D eigenvalue weighted by atomic mass is 9.67. The van der Waals surface area contributed by atoms with Gasteiger partial charge in [-0.1, -0.05) is 65.7 Å². The summed E-state index contributed by atoms with van der Waals surface area (Å²) >= 11 is 6.22. The van der Waals surface area contributed by atoms with Gasteiger partial charge in [0.2, 0.25) is 0 Å². The Kier molecular flexibility index (Phi) is 7.63. The van der Waals surface area contributed by atoms with Crippen molar-refractivity contribution in [3.05, 3.63) is 0 Å². The van der Waals surface area contributed by atoms with Crippen LogP contribution in [-0.2, 0) is 0 Å². The summed E-state index contributed by atoms with van der Waals surface area (Å²) in [5.41, 5.74) is 0.293. The van der Waals surface area contributed by atoms with Crippen LogP contribution in [-0.4, -0.2) is 18.0 Å². The summed E-state index contributed by atoms with van der Waals surface area (Å²) in [6.45, 7) is 8.00. The molecule has 18 heavy (non-hydrogen) atoms. The van der Waals surface area contributed by atoms with E-state index in [1.807, 2.05) is 0 Å². The molecule has 0 heterocycles. The topological polar surface area (TPSA) is 12.0 Å². The Bertz CT molecular complexity index is 215. The van der Waals surface area contributed by atoms with Crippen molar-refractivity contribution >= 4 is 11.6 Å². The van der Waals surface area contributed by atoms with E-state index in [0.717, 1.165) is 6.42 Å². The van der Waals surface area contributed by atoms with Crippen LogP contribution in [0.5, 0.6) is 0 Å². The number of hydrogen-bond donors (Lipinski definition) is 1. The quantitative estimate of drug-likeness (QED) is 0.430. The van der Waals surface area contributed by atoms with Gasteiger partial charge in [0.15, 0.2) is 0 Å². The Morgan fingerprint density at radius 1 is 1.00 bits per heavy atom. The molecule has 0 radical (unpaired) electrons. The van der Waals surface area contributed by atoms with Gasteiger partial charge in [0.25, 0.3) is 0 Å². The predicted octanol–water partition coefficient (Wildman–Crippen LogP) is 5.12. The first kappa shape index (κ1) is 16.3. The van der Waals surface area contributed by atoms with Crippen molar-refractivity contribution in [3.8, 4) is 0 Å². The second-order valence-electron chi connectivity index (χ2n) is 6.51. The lowest BCUT2D eigenvalue weighted by molar-refractivity contribution is 0.117. The molecule has 2 atom stereocenters. The zero-order valence-electron chi connectivity index (χ0n) is 12.6. The highest BCUT2D eigenvalue weighted by Gasteiger charge is 2.46. The van der Waals surface area contributed by atoms with Crippen molar-refractivity contribution < 1.29 is 0 Å². The molecule has 1 fully saturated rings. The van der Waals surface area contributed by atoms with E-state index in [1.54, 1.807) is 0 Å². The molecule has 1 rings (SSSR count). The normalized spacial score (nSPS) is 26.0. The second-order valence-corrected chi connectivity index (χ2v) is 7.03. The monoisotopic (exact) mass is 273 g/mol. The van der Waals surface area contributed by atoms with E-state index in [-0.39, 0.29) is 0 Å². The van der Waals surface area contributed by atoms with E-state index in [9.17, 15) is 0 Å². The van der Waals surface area contributed by atoms with E-state index < -0.39 is 0 Å². The Hall–Kier alpha value is 0.250. The fourth-order valence-corrected chi connectivity index (χ4v) is 3.08. The Balaban J connectivity index is 1.85. The van der Waals surface area contributed by atoms with E-state index in [0.29, 0.717) is 16.8 Å².